The molecule has 36 heavy (non-hydrogen) atoms. The Morgan fingerprint density at radius 3 is 1.64 bits per heavy atom. The van der Waals surface area contributed by atoms with Crippen molar-refractivity contribution >= 4 is 16.1 Å². The highest BCUT2D eigenvalue weighted by atomic mass is 31.1. The van der Waals surface area contributed by atoms with Gasteiger partial charge in [0.05, 0.1) is 36.6 Å². The van der Waals surface area contributed by atoms with Crippen molar-refractivity contribution in [1.82, 2.24) is 0 Å². The van der Waals surface area contributed by atoms with Crippen LogP contribution in [-0.2, 0) is 37.1 Å². The molecule has 0 aromatic carbocycles. The second-order valence-electron chi connectivity index (χ2n) is 11.0. The second-order valence-corrected chi connectivity index (χ2v) is 14.0. The zero-order valence-corrected chi connectivity index (χ0v) is 25.5. The van der Waals surface area contributed by atoms with Gasteiger partial charge in [-0.15, -0.1) is 0 Å². The number of hydrogen-bond donors (Lipinski definition) is 2. The van der Waals surface area contributed by atoms with Crippen LogP contribution in [-0.4, -0.2) is 85.0 Å². The molecule has 0 saturated heterocycles. The van der Waals surface area contributed by atoms with Crippen LogP contribution in [0.5, 0.6) is 0 Å². The van der Waals surface area contributed by atoms with Crippen molar-refractivity contribution in [2.75, 3.05) is 38.8 Å². The summed E-state index contributed by atoms with van der Waals surface area (Å²) in [5.74, 6) is 0. The first-order valence-electron chi connectivity index (χ1n) is 12.8. The van der Waals surface area contributed by atoms with E-state index >= 15 is 0 Å². The van der Waals surface area contributed by atoms with Gasteiger partial charge in [0.15, 0.2) is 28.6 Å². The van der Waals surface area contributed by atoms with Gasteiger partial charge < -0.3 is 38.2 Å². The van der Waals surface area contributed by atoms with Crippen LogP contribution in [0.3, 0.4) is 0 Å². The topological polar surface area (TPSA) is 130 Å². The molecule has 0 spiro atoms. The van der Waals surface area contributed by atoms with Crippen LogP contribution in [0.4, 0.5) is 0 Å². The average molecular weight is 563 g/mol. The van der Waals surface area contributed by atoms with Gasteiger partial charge in [0.2, 0.25) is 0 Å². The van der Waals surface area contributed by atoms with Gasteiger partial charge in [-0.05, 0) is 68.2 Å². The molecule has 0 fully saturated rings. The van der Waals surface area contributed by atoms with Crippen LogP contribution in [0.25, 0.3) is 0 Å². The Labute approximate surface area is 219 Å². The van der Waals surface area contributed by atoms with E-state index in [1.54, 1.807) is 6.92 Å². The molecule has 0 aliphatic heterocycles. The maximum absolute atomic E-state index is 12.3. The fourth-order valence-electron chi connectivity index (χ4n) is 2.90. The largest absolute Gasteiger partial charge is 0.391 e. The number of rotatable bonds is 21. The lowest BCUT2D eigenvalue weighted by Gasteiger charge is -2.29. The van der Waals surface area contributed by atoms with Gasteiger partial charge in [0.25, 0.3) is 0 Å². The Balaban J connectivity index is 4.08. The Morgan fingerprint density at radius 2 is 1.17 bits per heavy atom. The Hall–Kier alpha value is 0.140. The summed E-state index contributed by atoms with van der Waals surface area (Å²) in [6.07, 6.45) is 1.56. The zero-order valence-electron chi connectivity index (χ0n) is 23.5. The molecule has 0 rings (SSSR count). The summed E-state index contributed by atoms with van der Waals surface area (Å²) in [5.41, 5.74) is -1.02. The van der Waals surface area contributed by atoms with Crippen molar-refractivity contribution in [2.45, 2.75) is 117 Å². The monoisotopic (exact) mass is 562 g/mol. The Kier molecular flexibility index (Phi) is 19.3. The lowest BCUT2D eigenvalue weighted by molar-refractivity contribution is -0.252. The summed E-state index contributed by atoms with van der Waals surface area (Å²) in [6.45, 7) is 15.0. The molecule has 0 aromatic rings. The van der Waals surface area contributed by atoms with Crippen LogP contribution in [0.1, 0.15) is 81.1 Å². The molecule has 0 amide bonds. The first-order chi connectivity index (χ1) is 16.6. The predicted molar refractivity (Wildman–Crippen MR) is 143 cm³/mol. The van der Waals surface area contributed by atoms with E-state index in [2.05, 4.69) is 0 Å². The quantitative estimate of drug-likeness (QED) is 0.116. The fourth-order valence-corrected chi connectivity index (χ4v) is 5.01. The van der Waals surface area contributed by atoms with Gasteiger partial charge in [0.1, 0.15) is 13.2 Å². The summed E-state index contributed by atoms with van der Waals surface area (Å²) < 4.78 is 57.4. The van der Waals surface area contributed by atoms with E-state index in [9.17, 15) is 19.3 Å². The van der Waals surface area contributed by atoms with E-state index in [-0.39, 0.29) is 32.5 Å². The lowest BCUT2D eigenvalue weighted by atomic mass is 10.2. The van der Waals surface area contributed by atoms with Crippen molar-refractivity contribution in [1.29, 1.82) is 0 Å². The van der Waals surface area contributed by atoms with Crippen molar-refractivity contribution in [3.63, 3.8) is 0 Å². The second kappa shape index (κ2) is 19.2. The van der Waals surface area contributed by atoms with Crippen molar-refractivity contribution < 1.29 is 47.3 Å². The standard InChI is InChI=1S/C24H52O10P2/c1-19(25)15-29-20(2)16-31-35(27)13-11-9-10-12-14-36(28)32-18-22(34-24(6,7)8)30-17-21(26)33-23(3,4)5/h19-22,25-26,35-36H,9-18H2,1-8H3. The number of unbranched alkanes of at least 4 members (excludes halogenated alkanes) is 3. The summed E-state index contributed by atoms with van der Waals surface area (Å²) in [6, 6.07) is 0. The molecule has 0 saturated carbocycles. The molecular formula is C24H52O10P2. The molecule has 12 heteroatoms. The molecule has 0 radical (unpaired) electrons. The molecule has 0 aliphatic carbocycles. The highest BCUT2D eigenvalue weighted by Crippen LogP contribution is 2.28. The normalized spacial score (nSPS) is 17.9. The van der Waals surface area contributed by atoms with Crippen LogP contribution >= 0.6 is 16.1 Å². The van der Waals surface area contributed by atoms with Gasteiger partial charge in [-0.2, -0.15) is 0 Å². The predicted octanol–water partition coefficient (Wildman–Crippen LogP) is 4.61. The van der Waals surface area contributed by atoms with E-state index in [0.717, 1.165) is 25.7 Å². The minimum Gasteiger partial charge on any atom is -0.391 e. The van der Waals surface area contributed by atoms with Gasteiger partial charge in [-0.3, -0.25) is 9.13 Å². The molecule has 218 valence electrons. The number of aliphatic hydroxyl groups excluding tert-OH is 2. The fraction of sp³-hybridized carbons (Fsp3) is 1.00. The number of ether oxygens (including phenoxy) is 4. The van der Waals surface area contributed by atoms with Gasteiger partial charge >= 0.3 is 0 Å². The first kappa shape index (κ1) is 36.1. The van der Waals surface area contributed by atoms with E-state index < -0.39 is 45.9 Å². The summed E-state index contributed by atoms with van der Waals surface area (Å²) in [5, 5.41) is 19.2. The summed E-state index contributed by atoms with van der Waals surface area (Å²) >= 11 is 0. The maximum atomic E-state index is 12.3. The molecule has 0 bridgehead atoms. The van der Waals surface area contributed by atoms with Gasteiger partial charge in [-0.25, -0.2) is 0 Å². The minimum absolute atomic E-state index is 0.00400. The number of aliphatic hydroxyl groups is 2. The molecule has 0 aromatic heterocycles. The highest BCUT2D eigenvalue weighted by Gasteiger charge is 2.23. The van der Waals surface area contributed by atoms with Crippen molar-refractivity contribution in [2.24, 2.45) is 0 Å². The van der Waals surface area contributed by atoms with Gasteiger partial charge in [-0.1, -0.05) is 12.8 Å². The summed E-state index contributed by atoms with van der Waals surface area (Å²) in [4.78, 5) is 0. The molecular weight excluding hydrogens is 510 g/mol. The zero-order chi connectivity index (χ0) is 27.8. The lowest BCUT2D eigenvalue weighted by Crippen LogP contribution is -2.36. The van der Waals surface area contributed by atoms with Crippen LogP contribution in [0.15, 0.2) is 0 Å². The SMILES string of the molecule is CC(O)COC(C)CO[PH](=O)CCCCCC[PH](=O)OCC(OCC(O)OC(C)(C)C)OC(C)(C)C. The molecule has 0 aliphatic rings. The van der Waals surface area contributed by atoms with Crippen LogP contribution in [0.2, 0.25) is 0 Å². The van der Waals surface area contributed by atoms with Crippen molar-refractivity contribution in [3.8, 4) is 0 Å². The first-order valence-corrected chi connectivity index (χ1v) is 15.9. The third-order valence-corrected chi connectivity index (χ3v) is 6.89. The van der Waals surface area contributed by atoms with E-state index in [0.29, 0.717) is 12.3 Å². The molecule has 6 unspecified atom stereocenters. The molecule has 10 nitrogen and oxygen atoms in total. The van der Waals surface area contributed by atoms with Crippen LogP contribution < -0.4 is 0 Å². The smallest absolute Gasteiger partial charge is 0.191 e. The van der Waals surface area contributed by atoms with Gasteiger partial charge in [0, 0.05) is 12.3 Å². The highest BCUT2D eigenvalue weighted by molar-refractivity contribution is 7.39. The molecule has 0 heterocycles. The van der Waals surface area contributed by atoms with Crippen LogP contribution in [0, 0.1) is 0 Å². The van der Waals surface area contributed by atoms with E-state index in [1.165, 1.54) is 0 Å². The third kappa shape index (κ3) is 24.5. The molecule has 2 N–H and O–H groups in total. The Morgan fingerprint density at radius 1 is 0.667 bits per heavy atom. The minimum atomic E-state index is -2.25. The summed E-state index contributed by atoms with van der Waals surface area (Å²) in [7, 11) is -4.36. The van der Waals surface area contributed by atoms with E-state index in [1.807, 2.05) is 48.5 Å². The maximum Gasteiger partial charge on any atom is 0.191 e. The molecule has 6 atom stereocenters. The third-order valence-electron chi connectivity index (χ3n) is 4.39. The Bertz CT molecular complexity index is 605. The van der Waals surface area contributed by atoms with Crippen molar-refractivity contribution in [3.05, 3.63) is 0 Å². The number of hydrogen-bond acceptors (Lipinski definition) is 10. The average Bonchev–Trinajstić information content (AvgIpc) is 2.72. The van der Waals surface area contributed by atoms with E-state index in [4.69, 9.17) is 28.0 Å².